The van der Waals surface area contributed by atoms with Gasteiger partial charge in [-0.05, 0) is 5.92 Å². The number of hydrogen-bond acceptors (Lipinski definition) is 1. The number of carbonyl (C=O) groups is 1. The number of halogens is 2. The van der Waals surface area contributed by atoms with Gasteiger partial charge in [-0.15, -0.1) is 0 Å². The summed E-state index contributed by atoms with van der Waals surface area (Å²) in [6.45, 7) is 4.82. The van der Waals surface area contributed by atoms with E-state index in [4.69, 9.17) is 0 Å². The predicted molar refractivity (Wildman–Crippen MR) is 39.7 cm³/mol. The molecule has 0 aliphatic rings. The normalized spacial score (nSPS) is 12.2. The molecular weight excluding hydrogens is 150 g/mol. The van der Waals surface area contributed by atoms with Gasteiger partial charge in [0, 0.05) is 12.8 Å². The molecule has 0 atom stereocenters. The summed E-state index contributed by atoms with van der Waals surface area (Å²) in [7, 11) is 0. The zero-order valence-corrected chi connectivity index (χ0v) is 7.16. The Kier molecular flexibility index (Phi) is 3.63. The highest BCUT2D eigenvalue weighted by atomic mass is 19.3. The van der Waals surface area contributed by atoms with Gasteiger partial charge in [0.1, 0.15) is 0 Å². The summed E-state index contributed by atoms with van der Waals surface area (Å²) in [6, 6.07) is 0. The molecule has 0 heterocycles. The lowest BCUT2D eigenvalue weighted by Crippen LogP contribution is -2.28. The van der Waals surface area contributed by atoms with Crippen molar-refractivity contribution in [3.05, 3.63) is 0 Å². The third-order valence-electron chi connectivity index (χ3n) is 1.45. The van der Waals surface area contributed by atoms with Crippen molar-refractivity contribution in [3.8, 4) is 0 Å². The number of carbonyl (C=O) groups excluding carboxylic acids is 1. The Labute approximate surface area is 65.8 Å². The molecule has 0 amide bonds. The molecule has 66 valence electrons. The van der Waals surface area contributed by atoms with E-state index in [1.54, 1.807) is 13.8 Å². The van der Waals surface area contributed by atoms with E-state index in [1.807, 2.05) is 0 Å². The Balaban J connectivity index is 4.02. The second-order valence-electron chi connectivity index (χ2n) is 3.08. The van der Waals surface area contributed by atoms with Crippen LogP contribution in [0.2, 0.25) is 0 Å². The molecule has 0 aromatic rings. The maximum absolute atomic E-state index is 12.6. The van der Waals surface area contributed by atoms with Gasteiger partial charge in [-0.3, -0.25) is 4.79 Å². The van der Waals surface area contributed by atoms with Crippen molar-refractivity contribution in [1.29, 1.82) is 0 Å². The molecule has 3 heteroatoms. The maximum atomic E-state index is 12.6. The van der Waals surface area contributed by atoms with Crippen LogP contribution in [0.4, 0.5) is 8.78 Å². The average molecular weight is 164 g/mol. The van der Waals surface area contributed by atoms with E-state index in [0.717, 1.165) is 0 Å². The first-order valence-electron chi connectivity index (χ1n) is 3.81. The van der Waals surface area contributed by atoms with Crippen molar-refractivity contribution < 1.29 is 13.6 Å². The maximum Gasteiger partial charge on any atom is 0.305 e. The Morgan fingerprint density at radius 1 is 1.45 bits per heavy atom. The van der Waals surface area contributed by atoms with Crippen LogP contribution in [0.3, 0.4) is 0 Å². The first-order valence-corrected chi connectivity index (χ1v) is 3.81. The van der Waals surface area contributed by atoms with Crippen LogP contribution >= 0.6 is 0 Å². The zero-order valence-electron chi connectivity index (χ0n) is 7.16. The quantitative estimate of drug-likeness (QED) is 0.624. The van der Waals surface area contributed by atoms with E-state index in [-0.39, 0.29) is 12.3 Å². The predicted octanol–water partition coefficient (Wildman–Crippen LogP) is 2.65. The first kappa shape index (κ1) is 10.5. The minimum Gasteiger partial charge on any atom is -0.293 e. The van der Waals surface area contributed by atoms with Gasteiger partial charge in [-0.25, -0.2) is 0 Å². The molecule has 0 aliphatic carbocycles. The SMILES string of the molecule is CCC(F)(F)C(=O)CC(C)C. The number of ketones is 1. The second kappa shape index (κ2) is 3.79. The van der Waals surface area contributed by atoms with Gasteiger partial charge < -0.3 is 0 Å². The molecule has 0 bridgehead atoms. The number of Topliss-reactive ketones (excluding diaryl/α,β-unsaturated/α-hetero) is 1. The molecule has 0 radical (unpaired) electrons. The van der Waals surface area contributed by atoms with Crippen LogP contribution in [0.15, 0.2) is 0 Å². The van der Waals surface area contributed by atoms with Crippen LogP contribution in [-0.2, 0) is 4.79 Å². The van der Waals surface area contributed by atoms with Crippen molar-refractivity contribution >= 4 is 5.78 Å². The molecule has 0 rings (SSSR count). The third kappa shape index (κ3) is 3.44. The highest BCUT2D eigenvalue weighted by molar-refractivity contribution is 5.85. The molecule has 0 saturated carbocycles. The highest BCUT2D eigenvalue weighted by Crippen LogP contribution is 2.22. The molecule has 0 saturated heterocycles. The van der Waals surface area contributed by atoms with Crippen molar-refractivity contribution in [2.75, 3.05) is 0 Å². The highest BCUT2D eigenvalue weighted by Gasteiger charge is 2.35. The fourth-order valence-electron chi connectivity index (χ4n) is 0.717. The first-order chi connectivity index (χ1) is 4.90. The monoisotopic (exact) mass is 164 g/mol. The smallest absolute Gasteiger partial charge is 0.293 e. The minimum atomic E-state index is -3.11. The Morgan fingerprint density at radius 2 is 1.91 bits per heavy atom. The van der Waals surface area contributed by atoms with E-state index >= 15 is 0 Å². The number of rotatable bonds is 4. The standard InChI is InChI=1S/C8H14F2O/c1-4-8(9,10)7(11)5-6(2)3/h6H,4-5H2,1-3H3. The molecule has 0 N–H and O–H groups in total. The van der Waals surface area contributed by atoms with E-state index < -0.39 is 18.1 Å². The van der Waals surface area contributed by atoms with Gasteiger partial charge in [-0.1, -0.05) is 20.8 Å². The summed E-state index contributed by atoms with van der Waals surface area (Å²) in [5.74, 6) is -4.03. The molecule has 0 fully saturated rings. The van der Waals surface area contributed by atoms with Crippen LogP contribution < -0.4 is 0 Å². The van der Waals surface area contributed by atoms with E-state index in [2.05, 4.69) is 0 Å². The van der Waals surface area contributed by atoms with Crippen molar-refractivity contribution in [1.82, 2.24) is 0 Å². The van der Waals surface area contributed by atoms with Crippen LogP contribution in [0.5, 0.6) is 0 Å². The average Bonchev–Trinajstić information content (AvgIpc) is 1.86. The third-order valence-corrected chi connectivity index (χ3v) is 1.45. The summed E-state index contributed by atoms with van der Waals surface area (Å²) in [6.07, 6.45) is -0.417. The summed E-state index contributed by atoms with van der Waals surface area (Å²) >= 11 is 0. The van der Waals surface area contributed by atoms with Gasteiger partial charge in [0.2, 0.25) is 5.78 Å². The summed E-state index contributed by atoms with van der Waals surface area (Å²) in [4.78, 5) is 10.8. The number of hydrogen-bond donors (Lipinski definition) is 0. The summed E-state index contributed by atoms with van der Waals surface area (Å²) in [5.41, 5.74) is 0. The number of alkyl halides is 2. The van der Waals surface area contributed by atoms with Crippen molar-refractivity contribution in [2.24, 2.45) is 5.92 Å². The largest absolute Gasteiger partial charge is 0.305 e. The van der Waals surface area contributed by atoms with Crippen LogP contribution in [0.25, 0.3) is 0 Å². The lowest BCUT2D eigenvalue weighted by atomic mass is 10.0. The molecule has 11 heavy (non-hydrogen) atoms. The lowest BCUT2D eigenvalue weighted by Gasteiger charge is -2.13. The van der Waals surface area contributed by atoms with E-state index in [1.165, 1.54) is 6.92 Å². The van der Waals surface area contributed by atoms with E-state index in [9.17, 15) is 13.6 Å². The van der Waals surface area contributed by atoms with Crippen LogP contribution in [0.1, 0.15) is 33.6 Å². The Morgan fingerprint density at radius 3 is 2.18 bits per heavy atom. The van der Waals surface area contributed by atoms with Gasteiger partial charge in [0.15, 0.2) is 0 Å². The van der Waals surface area contributed by atoms with Crippen LogP contribution in [0, 0.1) is 5.92 Å². The fraction of sp³-hybridized carbons (Fsp3) is 0.875. The molecule has 0 aromatic carbocycles. The van der Waals surface area contributed by atoms with Crippen LogP contribution in [-0.4, -0.2) is 11.7 Å². The van der Waals surface area contributed by atoms with Crippen molar-refractivity contribution in [2.45, 2.75) is 39.5 Å². The molecule has 0 aromatic heterocycles. The van der Waals surface area contributed by atoms with Gasteiger partial charge in [-0.2, -0.15) is 8.78 Å². The van der Waals surface area contributed by atoms with Gasteiger partial charge in [0.05, 0.1) is 0 Å². The summed E-state index contributed by atoms with van der Waals surface area (Å²) < 4.78 is 25.1. The molecule has 0 spiro atoms. The molecular formula is C8H14F2O. The molecule has 0 aliphatic heterocycles. The van der Waals surface area contributed by atoms with E-state index in [0.29, 0.717) is 0 Å². The topological polar surface area (TPSA) is 17.1 Å². The van der Waals surface area contributed by atoms with Gasteiger partial charge >= 0.3 is 5.92 Å². The second-order valence-corrected chi connectivity index (χ2v) is 3.08. The Hall–Kier alpha value is -0.470. The lowest BCUT2D eigenvalue weighted by molar-refractivity contribution is -0.144. The van der Waals surface area contributed by atoms with Crippen molar-refractivity contribution in [3.63, 3.8) is 0 Å². The Bertz CT molecular complexity index is 141. The zero-order chi connectivity index (χ0) is 9.07. The van der Waals surface area contributed by atoms with Gasteiger partial charge in [0.25, 0.3) is 0 Å². The molecule has 0 unspecified atom stereocenters. The minimum absolute atomic E-state index is 0.0138. The summed E-state index contributed by atoms with van der Waals surface area (Å²) in [5, 5.41) is 0. The molecule has 1 nitrogen and oxygen atoms in total. The fourth-order valence-corrected chi connectivity index (χ4v) is 0.717.